The lowest BCUT2D eigenvalue weighted by Crippen LogP contribution is -2.18. The second-order valence-electron chi connectivity index (χ2n) is 4.47. The molecule has 1 N–H and O–H groups in total. The van der Waals surface area contributed by atoms with Crippen LogP contribution in [0.5, 0.6) is 5.75 Å². The Balaban J connectivity index is 2.87. The number of nitrogens with one attached hydrogen (secondary N) is 1. The standard InChI is InChI=1S/C13H18ClNO4S/c1-9-7-10(2)13(11(8-9)20(14,17)18)19-6-4-5-12(16)15-3/h7-8H,4-6H2,1-3H3,(H,15,16). The topological polar surface area (TPSA) is 72.5 Å². The maximum atomic E-state index is 11.6. The summed E-state index contributed by atoms with van der Waals surface area (Å²) in [5.74, 6) is 0.168. The molecule has 0 saturated heterocycles. The van der Waals surface area contributed by atoms with Crippen LogP contribution in [0, 0.1) is 13.8 Å². The number of amides is 1. The molecule has 0 aliphatic heterocycles. The van der Waals surface area contributed by atoms with Gasteiger partial charge in [-0.1, -0.05) is 6.07 Å². The number of aryl methyl sites for hydroxylation is 2. The molecule has 0 unspecified atom stereocenters. The van der Waals surface area contributed by atoms with E-state index in [4.69, 9.17) is 15.4 Å². The fourth-order valence-electron chi connectivity index (χ4n) is 1.81. The normalized spacial score (nSPS) is 11.2. The molecule has 20 heavy (non-hydrogen) atoms. The zero-order valence-electron chi connectivity index (χ0n) is 11.7. The van der Waals surface area contributed by atoms with Crippen LogP contribution in [0.4, 0.5) is 0 Å². The van der Waals surface area contributed by atoms with Crippen LogP contribution >= 0.6 is 10.7 Å². The van der Waals surface area contributed by atoms with Crippen molar-refractivity contribution in [3.05, 3.63) is 23.3 Å². The minimum absolute atomic E-state index is 0.0309. The van der Waals surface area contributed by atoms with Gasteiger partial charge in [-0.15, -0.1) is 0 Å². The van der Waals surface area contributed by atoms with Crippen LogP contribution < -0.4 is 10.1 Å². The predicted octanol–water partition coefficient (Wildman–Crippen LogP) is 2.14. The molecule has 0 aromatic heterocycles. The molecule has 1 amide bonds. The Morgan fingerprint density at radius 3 is 2.55 bits per heavy atom. The van der Waals surface area contributed by atoms with E-state index in [9.17, 15) is 13.2 Å². The van der Waals surface area contributed by atoms with Gasteiger partial charge in [0.2, 0.25) is 5.91 Å². The Kier molecular flexibility index (Phi) is 5.83. The quantitative estimate of drug-likeness (QED) is 0.644. The predicted molar refractivity (Wildman–Crippen MR) is 77.8 cm³/mol. The first kappa shape index (κ1) is 16.8. The summed E-state index contributed by atoms with van der Waals surface area (Å²) in [6.07, 6.45) is 0.819. The highest BCUT2D eigenvalue weighted by molar-refractivity contribution is 8.13. The van der Waals surface area contributed by atoms with Crippen LogP contribution in [0.2, 0.25) is 0 Å². The maximum Gasteiger partial charge on any atom is 0.265 e. The van der Waals surface area contributed by atoms with Crippen molar-refractivity contribution in [2.75, 3.05) is 13.7 Å². The summed E-state index contributed by atoms with van der Waals surface area (Å²) in [6.45, 7) is 3.79. The molecule has 0 saturated carbocycles. The average Bonchev–Trinajstić information content (AvgIpc) is 2.34. The van der Waals surface area contributed by atoms with E-state index >= 15 is 0 Å². The lowest BCUT2D eigenvalue weighted by molar-refractivity contribution is -0.120. The number of ether oxygens (including phenoxy) is 1. The Hall–Kier alpha value is -1.27. The van der Waals surface area contributed by atoms with Crippen molar-refractivity contribution >= 4 is 25.6 Å². The molecule has 0 atom stereocenters. The van der Waals surface area contributed by atoms with Crippen LogP contribution in [-0.4, -0.2) is 28.0 Å². The smallest absolute Gasteiger partial charge is 0.265 e. The molecule has 0 spiro atoms. The summed E-state index contributed by atoms with van der Waals surface area (Å²) in [7, 11) is 3.11. The van der Waals surface area contributed by atoms with Gasteiger partial charge in [0.05, 0.1) is 6.61 Å². The fourth-order valence-corrected chi connectivity index (χ4v) is 2.93. The van der Waals surface area contributed by atoms with Crippen molar-refractivity contribution in [3.8, 4) is 5.75 Å². The molecule has 5 nitrogen and oxygen atoms in total. The average molecular weight is 320 g/mol. The van der Waals surface area contributed by atoms with E-state index in [0.717, 1.165) is 5.56 Å². The van der Waals surface area contributed by atoms with Gasteiger partial charge in [0, 0.05) is 24.2 Å². The van der Waals surface area contributed by atoms with E-state index in [0.29, 0.717) is 18.4 Å². The van der Waals surface area contributed by atoms with Gasteiger partial charge in [-0.25, -0.2) is 8.42 Å². The number of hydrogen-bond acceptors (Lipinski definition) is 4. The molecule has 1 aromatic rings. The second-order valence-corrected chi connectivity index (χ2v) is 7.01. The first-order chi connectivity index (χ1) is 9.25. The van der Waals surface area contributed by atoms with E-state index < -0.39 is 9.05 Å². The first-order valence-electron chi connectivity index (χ1n) is 6.15. The molecule has 0 aliphatic rings. The summed E-state index contributed by atoms with van der Waals surface area (Å²) in [5.41, 5.74) is 1.49. The van der Waals surface area contributed by atoms with Gasteiger partial charge in [-0.2, -0.15) is 0 Å². The Morgan fingerprint density at radius 2 is 2.00 bits per heavy atom. The highest BCUT2D eigenvalue weighted by Crippen LogP contribution is 2.31. The number of carbonyl (C=O) groups excluding carboxylic acids is 1. The van der Waals surface area contributed by atoms with Crippen LogP contribution in [-0.2, 0) is 13.8 Å². The van der Waals surface area contributed by atoms with Crippen molar-refractivity contribution in [2.24, 2.45) is 0 Å². The SMILES string of the molecule is CNC(=O)CCCOc1c(C)cc(C)cc1S(=O)(=O)Cl. The molecule has 112 valence electrons. The van der Waals surface area contributed by atoms with E-state index in [1.54, 1.807) is 20.9 Å². The Morgan fingerprint density at radius 1 is 1.35 bits per heavy atom. The number of halogens is 1. The number of hydrogen-bond donors (Lipinski definition) is 1. The molecular weight excluding hydrogens is 302 g/mol. The Bertz CT molecular complexity index is 599. The number of rotatable bonds is 6. The lowest BCUT2D eigenvalue weighted by atomic mass is 10.1. The van der Waals surface area contributed by atoms with Crippen molar-refractivity contribution in [3.63, 3.8) is 0 Å². The fraction of sp³-hybridized carbons (Fsp3) is 0.462. The van der Waals surface area contributed by atoms with Crippen LogP contribution in [0.25, 0.3) is 0 Å². The largest absolute Gasteiger partial charge is 0.492 e. The van der Waals surface area contributed by atoms with Gasteiger partial charge < -0.3 is 10.1 Å². The molecular formula is C13H18ClNO4S. The van der Waals surface area contributed by atoms with Crippen LogP contribution in [0.15, 0.2) is 17.0 Å². The minimum Gasteiger partial charge on any atom is -0.492 e. The van der Waals surface area contributed by atoms with Crippen molar-refractivity contribution < 1.29 is 17.9 Å². The van der Waals surface area contributed by atoms with E-state index in [-0.39, 0.29) is 23.2 Å². The van der Waals surface area contributed by atoms with Crippen LogP contribution in [0.1, 0.15) is 24.0 Å². The van der Waals surface area contributed by atoms with Gasteiger partial charge >= 0.3 is 0 Å². The molecule has 0 aliphatic carbocycles. The van der Waals surface area contributed by atoms with E-state index in [2.05, 4.69) is 5.32 Å². The number of benzene rings is 1. The van der Waals surface area contributed by atoms with Crippen LogP contribution in [0.3, 0.4) is 0 Å². The summed E-state index contributed by atoms with van der Waals surface area (Å²) in [5, 5.41) is 2.51. The third kappa shape index (κ3) is 4.68. The highest BCUT2D eigenvalue weighted by atomic mass is 35.7. The molecule has 0 fully saturated rings. The van der Waals surface area contributed by atoms with E-state index in [1.807, 2.05) is 6.07 Å². The number of carbonyl (C=O) groups is 1. The van der Waals surface area contributed by atoms with Crippen molar-refractivity contribution in [1.29, 1.82) is 0 Å². The van der Waals surface area contributed by atoms with Gasteiger partial charge in [-0.3, -0.25) is 4.79 Å². The van der Waals surface area contributed by atoms with Gasteiger partial charge in [-0.05, 0) is 37.5 Å². The van der Waals surface area contributed by atoms with Gasteiger partial charge in [0.1, 0.15) is 10.6 Å². The van der Waals surface area contributed by atoms with Gasteiger partial charge in [0.25, 0.3) is 9.05 Å². The molecule has 1 aromatic carbocycles. The van der Waals surface area contributed by atoms with Crippen molar-refractivity contribution in [1.82, 2.24) is 5.32 Å². The minimum atomic E-state index is -3.87. The molecule has 0 bridgehead atoms. The third-order valence-corrected chi connectivity index (χ3v) is 4.05. The maximum absolute atomic E-state index is 11.6. The molecule has 1 rings (SSSR count). The van der Waals surface area contributed by atoms with Gasteiger partial charge in [0.15, 0.2) is 0 Å². The zero-order valence-corrected chi connectivity index (χ0v) is 13.3. The third-order valence-electron chi connectivity index (χ3n) is 2.72. The molecule has 0 radical (unpaired) electrons. The molecule has 0 heterocycles. The Labute approximate surface area is 123 Å². The summed E-state index contributed by atoms with van der Waals surface area (Å²) in [6, 6.07) is 3.29. The monoisotopic (exact) mass is 319 g/mol. The van der Waals surface area contributed by atoms with Crippen molar-refractivity contribution in [2.45, 2.75) is 31.6 Å². The second kappa shape index (κ2) is 6.95. The summed E-state index contributed by atoms with van der Waals surface area (Å²) in [4.78, 5) is 11.0. The molecule has 7 heteroatoms. The highest BCUT2D eigenvalue weighted by Gasteiger charge is 2.19. The summed E-state index contributed by atoms with van der Waals surface area (Å²) >= 11 is 0. The zero-order chi connectivity index (χ0) is 15.3. The summed E-state index contributed by atoms with van der Waals surface area (Å²) < 4.78 is 28.6. The first-order valence-corrected chi connectivity index (χ1v) is 8.46. The lowest BCUT2D eigenvalue weighted by Gasteiger charge is -2.13. The van der Waals surface area contributed by atoms with E-state index in [1.165, 1.54) is 6.07 Å².